The fourth-order valence-electron chi connectivity index (χ4n) is 5.45. The van der Waals surface area contributed by atoms with E-state index in [9.17, 15) is 14.4 Å². The van der Waals surface area contributed by atoms with E-state index in [0.717, 1.165) is 18.4 Å². The number of imide groups is 1. The number of nitrogens with one attached hydrogen (secondary N) is 1. The maximum atomic E-state index is 13.4. The van der Waals surface area contributed by atoms with Crippen LogP contribution in [0.5, 0.6) is 0 Å². The van der Waals surface area contributed by atoms with Gasteiger partial charge < -0.3 is 15.0 Å². The summed E-state index contributed by atoms with van der Waals surface area (Å²) in [6.45, 7) is 2.01. The first-order valence-corrected chi connectivity index (χ1v) is 10.9. The van der Waals surface area contributed by atoms with E-state index in [1.807, 2.05) is 30.3 Å². The Morgan fingerprint density at radius 2 is 1.60 bits per heavy atom. The topological polar surface area (TPSA) is 79.0 Å². The normalized spacial score (nSPS) is 31.1. The van der Waals surface area contributed by atoms with E-state index in [4.69, 9.17) is 4.74 Å². The fraction of sp³-hybridized carbons (Fsp3) is 0.522. The summed E-state index contributed by atoms with van der Waals surface area (Å²) in [5.41, 5.74) is 0.973. The summed E-state index contributed by atoms with van der Waals surface area (Å²) in [5, 5.41) is 2.99. The molecule has 1 saturated carbocycles. The number of urea groups is 1. The van der Waals surface area contributed by atoms with Gasteiger partial charge in [0.2, 0.25) is 11.8 Å². The Morgan fingerprint density at radius 3 is 2.17 bits per heavy atom. The first-order chi connectivity index (χ1) is 14.6. The van der Waals surface area contributed by atoms with Crippen LogP contribution in [-0.2, 0) is 20.7 Å². The molecule has 2 bridgehead atoms. The minimum Gasteiger partial charge on any atom is -0.378 e. The van der Waals surface area contributed by atoms with Crippen molar-refractivity contribution in [3.63, 3.8) is 0 Å². The molecule has 2 heterocycles. The van der Waals surface area contributed by atoms with Gasteiger partial charge in [0, 0.05) is 19.5 Å². The van der Waals surface area contributed by atoms with Crippen LogP contribution in [0.2, 0.25) is 0 Å². The fourth-order valence-corrected chi connectivity index (χ4v) is 5.45. The van der Waals surface area contributed by atoms with Crippen LogP contribution >= 0.6 is 0 Å². The molecule has 2 saturated heterocycles. The van der Waals surface area contributed by atoms with Crippen molar-refractivity contribution in [2.75, 3.05) is 26.3 Å². The van der Waals surface area contributed by atoms with Crippen LogP contribution in [0.15, 0.2) is 42.5 Å². The third kappa shape index (κ3) is 3.31. The number of likely N-dealkylation sites (tertiary alicyclic amines) is 1. The van der Waals surface area contributed by atoms with E-state index < -0.39 is 6.17 Å². The van der Waals surface area contributed by atoms with Gasteiger partial charge in [-0.3, -0.25) is 14.5 Å². The minimum atomic E-state index is -0.687. The average Bonchev–Trinajstić information content (AvgIpc) is 3.08. The quantitative estimate of drug-likeness (QED) is 0.608. The molecule has 3 fully saturated rings. The van der Waals surface area contributed by atoms with Crippen LogP contribution in [0, 0.1) is 23.7 Å². The predicted octanol–water partition coefficient (Wildman–Crippen LogP) is 1.79. The Hall–Kier alpha value is -2.67. The van der Waals surface area contributed by atoms with Gasteiger partial charge in [-0.25, -0.2) is 4.79 Å². The lowest BCUT2D eigenvalue weighted by Crippen LogP contribution is -2.57. The van der Waals surface area contributed by atoms with Crippen LogP contribution in [0.3, 0.4) is 0 Å². The minimum absolute atomic E-state index is 0.132. The van der Waals surface area contributed by atoms with Crippen molar-refractivity contribution in [2.24, 2.45) is 23.7 Å². The van der Waals surface area contributed by atoms with E-state index in [0.29, 0.717) is 32.7 Å². The highest BCUT2D eigenvalue weighted by molar-refractivity contribution is 6.06. The van der Waals surface area contributed by atoms with Crippen LogP contribution < -0.4 is 5.32 Å². The van der Waals surface area contributed by atoms with E-state index >= 15 is 0 Å². The highest BCUT2D eigenvalue weighted by Gasteiger charge is 2.58. The molecule has 6 rings (SSSR count). The summed E-state index contributed by atoms with van der Waals surface area (Å²) in [5.74, 6) is -0.554. The number of morpholine rings is 1. The molecule has 3 aliphatic carbocycles. The lowest BCUT2D eigenvalue weighted by atomic mass is 9.63. The summed E-state index contributed by atoms with van der Waals surface area (Å²) < 4.78 is 5.33. The van der Waals surface area contributed by atoms with Gasteiger partial charge in [0.25, 0.3) is 0 Å². The maximum Gasteiger partial charge on any atom is 0.319 e. The Morgan fingerprint density at radius 1 is 1.00 bits per heavy atom. The molecule has 158 valence electrons. The zero-order valence-electron chi connectivity index (χ0n) is 16.9. The molecular weight excluding hydrogens is 382 g/mol. The maximum absolute atomic E-state index is 13.4. The van der Waals surface area contributed by atoms with Crippen molar-refractivity contribution in [1.82, 2.24) is 15.1 Å². The number of amides is 4. The first-order valence-electron chi connectivity index (χ1n) is 10.9. The number of allylic oxidation sites excluding steroid dienone is 2. The third-order valence-corrected chi connectivity index (χ3v) is 6.97. The molecule has 1 aromatic rings. The highest BCUT2D eigenvalue weighted by Crippen LogP contribution is 2.50. The van der Waals surface area contributed by atoms with E-state index in [1.54, 1.807) is 4.90 Å². The van der Waals surface area contributed by atoms with Gasteiger partial charge in [-0.1, -0.05) is 42.5 Å². The molecule has 4 amide bonds. The zero-order valence-corrected chi connectivity index (χ0v) is 16.9. The van der Waals surface area contributed by atoms with Crippen molar-refractivity contribution in [3.05, 3.63) is 48.0 Å². The summed E-state index contributed by atoms with van der Waals surface area (Å²) in [6.07, 6.45) is 5.85. The number of rotatable bonds is 4. The van der Waals surface area contributed by atoms with Crippen molar-refractivity contribution in [3.8, 4) is 0 Å². The first kappa shape index (κ1) is 19.3. The molecule has 7 heteroatoms. The number of hydrogen-bond donors (Lipinski definition) is 1. The summed E-state index contributed by atoms with van der Waals surface area (Å²) in [6, 6.07) is 9.43. The number of carbonyl (C=O) groups is 3. The largest absolute Gasteiger partial charge is 0.378 e. The molecule has 1 N–H and O–H groups in total. The molecule has 2 aliphatic heterocycles. The number of ether oxygens (including phenoxy) is 1. The third-order valence-electron chi connectivity index (χ3n) is 6.97. The second kappa shape index (κ2) is 7.87. The van der Waals surface area contributed by atoms with Crippen LogP contribution in [0.25, 0.3) is 0 Å². The second-order valence-corrected chi connectivity index (χ2v) is 8.64. The van der Waals surface area contributed by atoms with Gasteiger partial charge in [-0.15, -0.1) is 0 Å². The number of fused-ring (bicyclic) bond motifs is 1. The monoisotopic (exact) mass is 409 g/mol. The number of benzene rings is 1. The Bertz CT molecular complexity index is 832. The number of nitrogens with zero attached hydrogens (tertiary/aromatic N) is 2. The summed E-state index contributed by atoms with van der Waals surface area (Å²) in [4.78, 5) is 42.8. The molecule has 1 aromatic carbocycles. The van der Waals surface area contributed by atoms with E-state index in [2.05, 4.69) is 17.5 Å². The molecule has 0 radical (unpaired) electrons. The van der Waals surface area contributed by atoms with E-state index in [-0.39, 0.29) is 41.5 Å². The van der Waals surface area contributed by atoms with Crippen molar-refractivity contribution >= 4 is 17.8 Å². The van der Waals surface area contributed by atoms with Gasteiger partial charge in [0.1, 0.15) is 6.17 Å². The van der Waals surface area contributed by atoms with Gasteiger partial charge in [-0.05, 0) is 30.2 Å². The summed E-state index contributed by atoms with van der Waals surface area (Å²) in [7, 11) is 0. The Balaban J connectivity index is 1.41. The molecule has 30 heavy (non-hydrogen) atoms. The molecule has 0 spiro atoms. The van der Waals surface area contributed by atoms with E-state index in [1.165, 1.54) is 4.90 Å². The van der Waals surface area contributed by atoms with Gasteiger partial charge in [0.05, 0.1) is 25.0 Å². The summed E-state index contributed by atoms with van der Waals surface area (Å²) >= 11 is 0. The predicted molar refractivity (Wildman–Crippen MR) is 109 cm³/mol. The van der Waals surface area contributed by atoms with Crippen molar-refractivity contribution in [2.45, 2.75) is 25.4 Å². The molecular formula is C23H27N3O4. The molecule has 5 unspecified atom stereocenters. The van der Waals surface area contributed by atoms with Gasteiger partial charge >= 0.3 is 6.03 Å². The van der Waals surface area contributed by atoms with Crippen LogP contribution in [-0.4, -0.2) is 60.1 Å². The van der Waals surface area contributed by atoms with Crippen molar-refractivity contribution < 1.29 is 19.1 Å². The standard InChI is InChI=1S/C23H27N3O4/c27-21-19-16-6-7-17(9-8-16)20(19)22(28)26(21)18(14-15-4-2-1-3-5-15)24-23(29)25-10-12-30-13-11-25/h1-7,16-20H,8-14H2,(H,24,29). The zero-order chi connectivity index (χ0) is 20.7. The second-order valence-electron chi connectivity index (χ2n) is 8.64. The van der Waals surface area contributed by atoms with Crippen molar-refractivity contribution in [1.29, 1.82) is 0 Å². The molecule has 5 atom stereocenters. The van der Waals surface area contributed by atoms with Gasteiger partial charge in [0.15, 0.2) is 0 Å². The van der Waals surface area contributed by atoms with Gasteiger partial charge in [-0.2, -0.15) is 0 Å². The van der Waals surface area contributed by atoms with Crippen LogP contribution in [0.4, 0.5) is 4.79 Å². The molecule has 5 aliphatic rings. The lowest BCUT2D eigenvalue weighted by Gasteiger charge is -2.38. The molecule has 0 aromatic heterocycles. The lowest BCUT2D eigenvalue weighted by molar-refractivity contribution is -0.143. The SMILES string of the molecule is O=C(NC(Cc1ccccc1)N1C(=O)C2C3C=CC(CC3)C2C1=O)N1CCOCC1. The average molecular weight is 409 g/mol. The Labute approximate surface area is 176 Å². The highest BCUT2D eigenvalue weighted by atomic mass is 16.5. The molecule has 7 nitrogen and oxygen atoms in total. The Kier molecular flexibility index (Phi) is 5.06. The number of hydrogen-bond acceptors (Lipinski definition) is 4. The number of carbonyl (C=O) groups excluding carboxylic acids is 3. The smallest absolute Gasteiger partial charge is 0.319 e. The van der Waals surface area contributed by atoms with Crippen LogP contribution in [0.1, 0.15) is 18.4 Å².